The molecule has 0 fully saturated rings. The molecule has 1 aliphatic rings. The van der Waals surface area contributed by atoms with Gasteiger partial charge in [-0.1, -0.05) is 31.9 Å². The van der Waals surface area contributed by atoms with Gasteiger partial charge < -0.3 is 10.5 Å². The molecule has 1 aliphatic carbocycles. The Morgan fingerprint density at radius 1 is 1.42 bits per heavy atom. The molecule has 0 amide bonds. The predicted octanol–water partition coefficient (Wildman–Crippen LogP) is 4.12. The first-order chi connectivity index (χ1) is 11.7. The minimum absolute atomic E-state index is 0.336. The molecule has 4 nitrogen and oxygen atoms in total. The van der Waals surface area contributed by atoms with Crippen molar-refractivity contribution in [1.29, 1.82) is 5.26 Å². The zero-order valence-electron chi connectivity index (χ0n) is 14.3. The summed E-state index contributed by atoms with van der Waals surface area (Å²) < 4.78 is 5.35. The van der Waals surface area contributed by atoms with Crippen molar-refractivity contribution in [3.05, 3.63) is 41.1 Å². The molecule has 3 rings (SSSR count). The Bertz CT molecular complexity index is 792. The van der Waals surface area contributed by atoms with Crippen molar-refractivity contribution in [1.82, 2.24) is 4.98 Å². The molecule has 1 unspecified atom stereocenters. The van der Waals surface area contributed by atoms with Gasteiger partial charge in [-0.05, 0) is 48.4 Å². The third kappa shape index (κ3) is 2.94. The van der Waals surface area contributed by atoms with Gasteiger partial charge in [0, 0.05) is 11.3 Å². The molecule has 1 atom stereocenters. The third-order valence-electron chi connectivity index (χ3n) is 4.86. The van der Waals surface area contributed by atoms with Crippen LogP contribution in [0.2, 0.25) is 0 Å². The number of nitrogen functional groups attached to an aromatic ring is 1. The Morgan fingerprint density at radius 2 is 2.25 bits per heavy atom. The monoisotopic (exact) mass is 321 g/mol. The predicted molar refractivity (Wildman–Crippen MR) is 95.8 cm³/mol. The largest absolute Gasteiger partial charge is 0.497 e. The average Bonchev–Trinajstić information content (AvgIpc) is 2.61. The smallest absolute Gasteiger partial charge is 0.142 e. The van der Waals surface area contributed by atoms with E-state index in [-0.39, 0.29) is 0 Å². The van der Waals surface area contributed by atoms with Crippen LogP contribution in [0, 0.1) is 17.2 Å². The lowest BCUT2D eigenvalue weighted by Gasteiger charge is -2.27. The van der Waals surface area contributed by atoms with Gasteiger partial charge in [0.2, 0.25) is 0 Å². The highest BCUT2D eigenvalue weighted by Crippen LogP contribution is 2.39. The highest BCUT2D eigenvalue weighted by atomic mass is 16.5. The zero-order chi connectivity index (χ0) is 17.1. The SMILES string of the molecule is CCCC1CCc2nc(N)c(C#N)c(-c3cccc(OC)c3)c2C1. The fraction of sp³-hybridized carbons (Fsp3) is 0.400. The van der Waals surface area contributed by atoms with Crippen molar-refractivity contribution in [2.24, 2.45) is 5.92 Å². The van der Waals surface area contributed by atoms with Gasteiger partial charge in [0.15, 0.2) is 0 Å². The number of aromatic nitrogens is 1. The van der Waals surface area contributed by atoms with Crippen LogP contribution in [0.5, 0.6) is 5.75 Å². The number of hydrogen-bond donors (Lipinski definition) is 1. The number of aryl methyl sites for hydroxylation is 1. The number of nitrogens with two attached hydrogens (primary N) is 1. The van der Waals surface area contributed by atoms with Crippen LogP contribution in [0.15, 0.2) is 24.3 Å². The summed E-state index contributed by atoms with van der Waals surface area (Å²) in [4.78, 5) is 4.53. The number of rotatable bonds is 4. The highest BCUT2D eigenvalue weighted by Gasteiger charge is 2.26. The summed E-state index contributed by atoms with van der Waals surface area (Å²) in [6, 6.07) is 10.1. The van der Waals surface area contributed by atoms with E-state index in [1.807, 2.05) is 24.3 Å². The number of pyridine rings is 1. The number of ether oxygens (including phenoxy) is 1. The summed E-state index contributed by atoms with van der Waals surface area (Å²) in [7, 11) is 1.65. The molecular weight excluding hydrogens is 298 g/mol. The Balaban J connectivity index is 2.19. The first kappa shape index (κ1) is 16.3. The quantitative estimate of drug-likeness (QED) is 0.919. The fourth-order valence-electron chi connectivity index (χ4n) is 3.72. The van der Waals surface area contributed by atoms with Crippen LogP contribution in [0.3, 0.4) is 0 Å². The summed E-state index contributed by atoms with van der Waals surface area (Å²) in [6.45, 7) is 2.22. The van der Waals surface area contributed by atoms with E-state index in [0.717, 1.165) is 41.8 Å². The Morgan fingerprint density at radius 3 is 2.96 bits per heavy atom. The molecule has 0 saturated heterocycles. The molecule has 2 aromatic rings. The highest BCUT2D eigenvalue weighted by molar-refractivity contribution is 5.80. The lowest BCUT2D eigenvalue weighted by atomic mass is 9.79. The molecular formula is C20H23N3O. The second-order valence-electron chi connectivity index (χ2n) is 6.41. The van der Waals surface area contributed by atoms with Crippen LogP contribution in [-0.4, -0.2) is 12.1 Å². The third-order valence-corrected chi connectivity index (χ3v) is 4.86. The van der Waals surface area contributed by atoms with Crippen LogP contribution in [-0.2, 0) is 12.8 Å². The first-order valence-electron chi connectivity index (χ1n) is 8.53. The van der Waals surface area contributed by atoms with Gasteiger partial charge in [-0.3, -0.25) is 0 Å². The Kier molecular flexibility index (Phi) is 4.71. The fourth-order valence-corrected chi connectivity index (χ4v) is 3.72. The molecule has 4 heteroatoms. The summed E-state index contributed by atoms with van der Waals surface area (Å²) in [5.41, 5.74) is 10.7. The lowest BCUT2D eigenvalue weighted by molar-refractivity contribution is 0.414. The van der Waals surface area contributed by atoms with Gasteiger partial charge in [-0.2, -0.15) is 5.26 Å². The van der Waals surface area contributed by atoms with Gasteiger partial charge in [-0.25, -0.2) is 4.98 Å². The van der Waals surface area contributed by atoms with Crippen LogP contribution in [0.25, 0.3) is 11.1 Å². The van der Waals surface area contributed by atoms with Crippen LogP contribution in [0.1, 0.15) is 43.0 Å². The van der Waals surface area contributed by atoms with E-state index in [4.69, 9.17) is 10.5 Å². The van der Waals surface area contributed by atoms with Gasteiger partial charge in [-0.15, -0.1) is 0 Å². The lowest BCUT2D eigenvalue weighted by Crippen LogP contribution is -2.18. The van der Waals surface area contributed by atoms with Crippen LogP contribution >= 0.6 is 0 Å². The van der Waals surface area contributed by atoms with Gasteiger partial charge >= 0.3 is 0 Å². The number of anilines is 1. The van der Waals surface area contributed by atoms with Crippen molar-refractivity contribution in [3.63, 3.8) is 0 Å². The number of fused-ring (bicyclic) bond motifs is 1. The van der Waals surface area contributed by atoms with E-state index < -0.39 is 0 Å². The van der Waals surface area contributed by atoms with Crippen LogP contribution in [0.4, 0.5) is 5.82 Å². The summed E-state index contributed by atoms with van der Waals surface area (Å²) in [5, 5.41) is 9.66. The van der Waals surface area contributed by atoms with Crippen LogP contribution < -0.4 is 10.5 Å². The second kappa shape index (κ2) is 6.92. The molecule has 0 saturated carbocycles. The van der Waals surface area contributed by atoms with Crippen molar-refractivity contribution in [2.75, 3.05) is 12.8 Å². The standard InChI is InChI=1S/C20H23N3O/c1-3-5-13-8-9-18-16(10-13)19(17(12-21)20(22)23-18)14-6-4-7-15(11-14)24-2/h4,6-7,11,13H,3,5,8-10H2,1-2H3,(H2,22,23). The maximum absolute atomic E-state index is 9.66. The minimum Gasteiger partial charge on any atom is -0.497 e. The molecule has 0 radical (unpaired) electrons. The number of nitriles is 1. The molecule has 1 aromatic carbocycles. The molecule has 24 heavy (non-hydrogen) atoms. The number of nitrogens with zero attached hydrogens (tertiary/aromatic N) is 2. The van der Waals surface area contributed by atoms with Crippen molar-refractivity contribution in [3.8, 4) is 22.9 Å². The first-order valence-corrected chi connectivity index (χ1v) is 8.53. The molecule has 2 N–H and O–H groups in total. The Hall–Kier alpha value is -2.54. The van der Waals surface area contributed by atoms with Crippen molar-refractivity contribution >= 4 is 5.82 Å². The Labute approximate surface area is 143 Å². The number of methoxy groups -OCH3 is 1. The number of benzene rings is 1. The molecule has 1 aromatic heterocycles. The second-order valence-corrected chi connectivity index (χ2v) is 6.41. The van der Waals surface area contributed by atoms with E-state index in [1.165, 1.54) is 18.4 Å². The maximum atomic E-state index is 9.66. The average molecular weight is 321 g/mol. The van der Waals surface area contributed by atoms with Crippen molar-refractivity contribution < 1.29 is 4.74 Å². The maximum Gasteiger partial charge on any atom is 0.142 e. The van der Waals surface area contributed by atoms with Crippen molar-refractivity contribution in [2.45, 2.75) is 39.0 Å². The topological polar surface area (TPSA) is 71.9 Å². The zero-order valence-corrected chi connectivity index (χ0v) is 14.3. The van der Waals surface area contributed by atoms with E-state index >= 15 is 0 Å². The molecule has 0 aliphatic heterocycles. The number of hydrogen-bond acceptors (Lipinski definition) is 4. The summed E-state index contributed by atoms with van der Waals surface area (Å²) in [6.07, 6.45) is 5.45. The van der Waals surface area contributed by atoms with Gasteiger partial charge in [0.05, 0.1) is 7.11 Å². The van der Waals surface area contributed by atoms with E-state index in [0.29, 0.717) is 17.3 Å². The van der Waals surface area contributed by atoms with Gasteiger partial charge in [0.25, 0.3) is 0 Å². The summed E-state index contributed by atoms with van der Waals surface area (Å²) >= 11 is 0. The van der Waals surface area contributed by atoms with Gasteiger partial charge in [0.1, 0.15) is 23.2 Å². The molecule has 0 spiro atoms. The molecule has 0 bridgehead atoms. The molecule has 1 heterocycles. The summed E-state index contributed by atoms with van der Waals surface area (Å²) in [5.74, 6) is 1.77. The van der Waals surface area contributed by atoms with E-state index in [2.05, 4.69) is 18.0 Å². The van der Waals surface area contributed by atoms with E-state index in [9.17, 15) is 5.26 Å². The van der Waals surface area contributed by atoms with E-state index in [1.54, 1.807) is 7.11 Å². The minimum atomic E-state index is 0.336. The normalized spacial score (nSPS) is 16.3. The molecule has 124 valence electrons.